The van der Waals surface area contributed by atoms with Gasteiger partial charge < -0.3 is 5.32 Å². The van der Waals surface area contributed by atoms with Gasteiger partial charge in [-0.25, -0.2) is 0 Å². The lowest BCUT2D eigenvalue weighted by Crippen LogP contribution is -2.37. The van der Waals surface area contributed by atoms with Crippen molar-refractivity contribution in [1.82, 2.24) is 4.90 Å². The van der Waals surface area contributed by atoms with Crippen LogP contribution in [-0.4, -0.2) is 23.9 Å². The van der Waals surface area contributed by atoms with Gasteiger partial charge in [-0.1, -0.05) is 34.1 Å². The highest BCUT2D eigenvalue weighted by Crippen LogP contribution is 2.22. The van der Waals surface area contributed by atoms with E-state index in [4.69, 9.17) is 0 Å². The number of hydrogen-bond donors (Lipinski definition) is 1. The number of anilines is 1. The quantitative estimate of drug-likeness (QED) is 0.789. The number of carbonyl (C=O) groups is 1. The number of nitrogens with one attached hydrogen (secondary N) is 1. The van der Waals surface area contributed by atoms with Gasteiger partial charge in [-0.05, 0) is 80.7 Å². The zero-order chi connectivity index (χ0) is 17.8. The third-order valence-electron chi connectivity index (χ3n) is 5.03. The van der Waals surface area contributed by atoms with Crippen molar-refractivity contribution in [1.29, 1.82) is 0 Å². The van der Waals surface area contributed by atoms with E-state index in [2.05, 4.69) is 70.3 Å². The van der Waals surface area contributed by atoms with E-state index < -0.39 is 0 Å². The van der Waals surface area contributed by atoms with E-state index in [-0.39, 0.29) is 11.8 Å². The van der Waals surface area contributed by atoms with Crippen molar-refractivity contribution in [2.24, 2.45) is 5.92 Å². The van der Waals surface area contributed by atoms with Gasteiger partial charge in [0.1, 0.15) is 0 Å². The summed E-state index contributed by atoms with van der Waals surface area (Å²) in [6, 6.07) is 14.5. The Hall–Kier alpha value is -1.65. The summed E-state index contributed by atoms with van der Waals surface area (Å²) < 4.78 is 1.12. The number of benzene rings is 2. The molecule has 0 spiro atoms. The number of hydrogen-bond acceptors (Lipinski definition) is 2. The summed E-state index contributed by atoms with van der Waals surface area (Å²) in [4.78, 5) is 15.0. The van der Waals surface area contributed by atoms with Crippen LogP contribution < -0.4 is 5.32 Å². The van der Waals surface area contributed by atoms with Crippen LogP contribution >= 0.6 is 15.9 Å². The first kappa shape index (κ1) is 18.2. The Balaban J connectivity index is 1.51. The van der Waals surface area contributed by atoms with Gasteiger partial charge in [-0.2, -0.15) is 0 Å². The zero-order valence-corrected chi connectivity index (χ0v) is 16.5. The van der Waals surface area contributed by atoms with E-state index in [1.54, 1.807) is 0 Å². The highest BCUT2D eigenvalue weighted by atomic mass is 79.9. The van der Waals surface area contributed by atoms with E-state index in [1.165, 1.54) is 16.7 Å². The second kappa shape index (κ2) is 8.15. The van der Waals surface area contributed by atoms with Crippen molar-refractivity contribution >= 4 is 27.5 Å². The number of likely N-dealkylation sites (tertiary alicyclic amines) is 1. The predicted octanol–water partition coefficient (Wildman–Crippen LogP) is 4.92. The SMILES string of the molecule is Cc1ccc(NC(=O)C2CCN(Cc3cccc(Br)c3)CC2)cc1C. The lowest BCUT2D eigenvalue weighted by atomic mass is 9.95. The summed E-state index contributed by atoms with van der Waals surface area (Å²) in [6.45, 7) is 7.05. The lowest BCUT2D eigenvalue weighted by molar-refractivity contribution is -0.121. The highest BCUT2D eigenvalue weighted by Gasteiger charge is 2.25. The smallest absolute Gasteiger partial charge is 0.227 e. The molecule has 1 aliphatic rings. The molecule has 2 aromatic carbocycles. The summed E-state index contributed by atoms with van der Waals surface area (Å²) in [5, 5.41) is 3.09. The molecule has 1 aliphatic heterocycles. The van der Waals surface area contributed by atoms with E-state index in [0.29, 0.717) is 0 Å². The summed E-state index contributed by atoms with van der Waals surface area (Å²) in [5.41, 5.74) is 4.68. The van der Waals surface area contributed by atoms with Crippen LogP contribution in [0, 0.1) is 19.8 Å². The molecule has 0 saturated carbocycles. The van der Waals surface area contributed by atoms with Gasteiger partial charge >= 0.3 is 0 Å². The minimum atomic E-state index is 0.111. The van der Waals surface area contributed by atoms with Crippen LogP contribution in [0.1, 0.15) is 29.5 Å². The molecule has 0 aromatic heterocycles. The fourth-order valence-electron chi connectivity index (χ4n) is 3.31. The molecule has 3 nitrogen and oxygen atoms in total. The first-order valence-corrected chi connectivity index (χ1v) is 9.65. The monoisotopic (exact) mass is 400 g/mol. The molecular weight excluding hydrogens is 376 g/mol. The second-order valence-electron chi connectivity index (χ2n) is 6.97. The normalized spacial score (nSPS) is 16.0. The van der Waals surface area contributed by atoms with Crippen molar-refractivity contribution in [3.8, 4) is 0 Å². The van der Waals surface area contributed by atoms with E-state index >= 15 is 0 Å². The first-order chi connectivity index (χ1) is 12.0. The molecule has 0 unspecified atom stereocenters. The lowest BCUT2D eigenvalue weighted by Gasteiger charge is -2.31. The van der Waals surface area contributed by atoms with Crippen LogP contribution in [-0.2, 0) is 11.3 Å². The minimum Gasteiger partial charge on any atom is -0.326 e. The number of piperidine rings is 1. The molecule has 132 valence electrons. The average molecular weight is 401 g/mol. The van der Waals surface area contributed by atoms with Crippen LogP contribution in [0.5, 0.6) is 0 Å². The van der Waals surface area contributed by atoms with Gasteiger partial charge in [0.05, 0.1) is 0 Å². The second-order valence-corrected chi connectivity index (χ2v) is 7.88. The van der Waals surface area contributed by atoms with E-state index in [0.717, 1.165) is 42.6 Å². The van der Waals surface area contributed by atoms with Gasteiger partial charge in [0, 0.05) is 22.6 Å². The fraction of sp³-hybridized carbons (Fsp3) is 0.381. The van der Waals surface area contributed by atoms with Crippen LogP contribution in [0.25, 0.3) is 0 Å². The van der Waals surface area contributed by atoms with Crippen molar-refractivity contribution in [2.75, 3.05) is 18.4 Å². The standard InChI is InChI=1S/C21H25BrN2O/c1-15-6-7-20(12-16(15)2)23-21(25)18-8-10-24(11-9-18)14-17-4-3-5-19(22)13-17/h3-7,12-13,18H,8-11,14H2,1-2H3,(H,23,25). The molecule has 4 heteroatoms. The summed E-state index contributed by atoms with van der Waals surface area (Å²) in [6.07, 6.45) is 1.84. The van der Waals surface area contributed by atoms with Gasteiger partial charge in [0.25, 0.3) is 0 Å². The summed E-state index contributed by atoms with van der Waals surface area (Å²) in [5.74, 6) is 0.269. The third kappa shape index (κ3) is 4.93. The topological polar surface area (TPSA) is 32.3 Å². The largest absolute Gasteiger partial charge is 0.326 e. The Morgan fingerprint density at radius 1 is 1.12 bits per heavy atom. The third-order valence-corrected chi connectivity index (χ3v) is 5.52. The first-order valence-electron chi connectivity index (χ1n) is 8.86. The molecule has 3 rings (SSSR count). The van der Waals surface area contributed by atoms with Gasteiger partial charge in [-0.3, -0.25) is 9.69 Å². The number of rotatable bonds is 4. The molecule has 0 bridgehead atoms. The Morgan fingerprint density at radius 2 is 1.88 bits per heavy atom. The number of amides is 1. The molecule has 0 aliphatic carbocycles. The maximum Gasteiger partial charge on any atom is 0.227 e. The Labute approximate surface area is 158 Å². The number of carbonyl (C=O) groups excluding carboxylic acids is 1. The molecule has 1 heterocycles. The maximum atomic E-state index is 12.5. The van der Waals surface area contributed by atoms with E-state index in [9.17, 15) is 4.79 Å². The summed E-state index contributed by atoms with van der Waals surface area (Å²) >= 11 is 3.53. The summed E-state index contributed by atoms with van der Waals surface area (Å²) in [7, 11) is 0. The van der Waals surface area contributed by atoms with Crippen LogP contribution in [0.2, 0.25) is 0 Å². The molecule has 0 atom stereocenters. The zero-order valence-electron chi connectivity index (χ0n) is 14.9. The number of nitrogens with zero attached hydrogens (tertiary/aromatic N) is 1. The predicted molar refractivity (Wildman–Crippen MR) is 107 cm³/mol. The number of halogens is 1. The molecule has 1 saturated heterocycles. The Morgan fingerprint density at radius 3 is 2.56 bits per heavy atom. The maximum absolute atomic E-state index is 12.5. The van der Waals surface area contributed by atoms with Crippen molar-refractivity contribution < 1.29 is 4.79 Å². The number of aryl methyl sites for hydroxylation is 2. The average Bonchev–Trinajstić information content (AvgIpc) is 2.59. The molecule has 1 N–H and O–H groups in total. The Kier molecular flexibility index (Phi) is 5.92. The van der Waals surface area contributed by atoms with Gasteiger partial charge in [0.2, 0.25) is 5.91 Å². The molecule has 25 heavy (non-hydrogen) atoms. The van der Waals surface area contributed by atoms with Crippen molar-refractivity contribution in [3.05, 3.63) is 63.6 Å². The molecule has 2 aromatic rings. The fourth-order valence-corrected chi connectivity index (χ4v) is 3.76. The molecule has 0 radical (unpaired) electrons. The van der Waals surface area contributed by atoms with Crippen LogP contribution in [0.3, 0.4) is 0 Å². The minimum absolute atomic E-state index is 0.111. The van der Waals surface area contributed by atoms with Gasteiger partial charge in [0.15, 0.2) is 0 Å². The molecule has 1 amide bonds. The molecular formula is C21H25BrN2O. The van der Waals surface area contributed by atoms with Crippen LogP contribution in [0.15, 0.2) is 46.9 Å². The van der Waals surface area contributed by atoms with Crippen LogP contribution in [0.4, 0.5) is 5.69 Å². The van der Waals surface area contributed by atoms with E-state index in [1.807, 2.05) is 12.1 Å². The highest BCUT2D eigenvalue weighted by molar-refractivity contribution is 9.10. The molecule has 1 fully saturated rings. The Bertz CT molecular complexity index is 751. The van der Waals surface area contributed by atoms with Gasteiger partial charge in [-0.15, -0.1) is 0 Å². The van der Waals surface area contributed by atoms with Crippen molar-refractivity contribution in [2.45, 2.75) is 33.2 Å². The van der Waals surface area contributed by atoms with Crippen molar-refractivity contribution in [3.63, 3.8) is 0 Å².